The minimum absolute atomic E-state index is 0.0492. The minimum Gasteiger partial charge on any atom is -0.466 e. The molecule has 2 heterocycles. The van der Waals surface area contributed by atoms with Gasteiger partial charge in [-0.1, -0.05) is 0 Å². The Morgan fingerprint density at radius 2 is 2.46 bits per heavy atom. The lowest BCUT2D eigenvalue weighted by Gasteiger charge is -2.15. The van der Waals surface area contributed by atoms with Gasteiger partial charge in [0.05, 0.1) is 23.4 Å². The zero-order chi connectivity index (χ0) is 9.26. The van der Waals surface area contributed by atoms with Crippen LogP contribution < -0.4 is 5.73 Å². The van der Waals surface area contributed by atoms with E-state index < -0.39 is 0 Å². The van der Waals surface area contributed by atoms with Crippen LogP contribution in [0.1, 0.15) is 18.2 Å². The highest BCUT2D eigenvalue weighted by Gasteiger charge is 2.27. The first-order valence-electron chi connectivity index (χ1n) is 4.35. The highest BCUT2D eigenvalue weighted by Crippen LogP contribution is 2.31. The van der Waals surface area contributed by atoms with Gasteiger partial charge in [0.15, 0.2) is 0 Å². The first kappa shape index (κ1) is 9.24. The molecule has 13 heavy (non-hydrogen) atoms. The van der Waals surface area contributed by atoms with Crippen LogP contribution >= 0.6 is 15.9 Å². The average molecular weight is 246 g/mol. The molecule has 0 radical (unpaired) electrons. The molecule has 0 amide bonds. The number of hydrogen-bond donors (Lipinski definition) is 1. The Kier molecular flexibility index (Phi) is 2.71. The predicted molar refractivity (Wildman–Crippen MR) is 52.3 cm³/mol. The number of halogens is 1. The molecule has 3 nitrogen and oxygen atoms in total. The van der Waals surface area contributed by atoms with E-state index >= 15 is 0 Å². The highest BCUT2D eigenvalue weighted by molar-refractivity contribution is 9.10. The lowest BCUT2D eigenvalue weighted by molar-refractivity contribution is 0.178. The molecule has 0 aromatic carbocycles. The number of ether oxygens (including phenoxy) is 1. The van der Waals surface area contributed by atoms with E-state index in [2.05, 4.69) is 15.9 Å². The fraction of sp³-hybridized carbons (Fsp3) is 0.556. The van der Waals surface area contributed by atoms with Gasteiger partial charge in [-0.3, -0.25) is 0 Å². The molecular formula is C9H12BrNO2. The summed E-state index contributed by atoms with van der Waals surface area (Å²) in [4.78, 5) is 0. The Balaban J connectivity index is 2.12. The predicted octanol–water partition coefficient (Wildman–Crippen LogP) is 2.08. The molecule has 1 aliphatic rings. The van der Waals surface area contributed by atoms with Gasteiger partial charge in [0.2, 0.25) is 0 Å². The van der Waals surface area contributed by atoms with Crippen LogP contribution in [0, 0.1) is 5.92 Å². The van der Waals surface area contributed by atoms with Crippen molar-refractivity contribution in [1.82, 2.24) is 0 Å². The van der Waals surface area contributed by atoms with E-state index in [9.17, 15) is 0 Å². The van der Waals surface area contributed by atoms with Crippen molar-refractivity contribution < 1.29 is 9.15 Å². The summed E-state index contributed by atoms with van der Waals surface area (Å²) in [6.07, 6.45) is 2.67. The second-order valence-electron chi connectivity index (χ2n) is 3.28. The number of hydrogen-bond acceptors (Lipinski definition) is 3. The van der Waals surface area contributed by atoms with Crippen molar-refractivity contribution in [3.05, 3.63) is 22.6 Å². The molecule has 4 heteroatoms. The molecule has 0 saturated carbocycles. The lowest BCUT2D eigenvalue weighted by Crippen LogP contribution is -2.21. The minimum atomic E-state index is -0.0492. The number of furan rings is 1. The third-order valence-electron chi connectivity index (χ3n) is 2.42. The van der Waals surface area contributed by atoms with Gasteiger partial charge in [-0.05, 0) is 28.4 Å². The Hall–Kier alpha value is -0.320. The van der Waals surface area contributed by atoms with Crippen LogP contribution in [0.2, 0.25) is 0 Å². The Labute approximate surface area is 85.4 Å². The van der Waals surface area contributed by atoms with E-state index in [-0.39, 0.29) is 6.04 Å². The average Bonchev–Trinajstić information content (AvgIpc) is 2.72. The Morgan fingerprint density at radius 3 is 3.00 bits per heavy atom. The summed E-state index contributed by atoms with van der Waals surface area (Å²) >= 11 is 3.40. The van der Waals surface area contributed by atoms with Gasteiger partial charge >= 0.3 is 0 Å². The summed E-state index contributed by atoms with van der Waals surface area (Å²) in [5, 5.41) is 0. The second kappa shape index (κ2) is 3.82. The molecule has 0 spiro atoms. The molecule has 2 unspecified atom stereocenters. The highest BCUT2D eigenvalue weighted by atomic mass is 79.9. The fourth-order valence-electron chi connectivity index (χ4n) is 1.59. The summed E-state index contributed by atoms with van der Waals surface area (Å²) < 4.78 is 11.5. The number of nitrogens with two attached hydrogens (primary N) is 1. The van der Waals surface area contributed by atoms with Gasteiger partial charge < -0.3 is 14.9 Å². The zero-order valence-electron chi connectivity index (χ0n) is 7.20. The van der Waals surface area contributed by atoms with Crippen LogP contribution in [0.3, 0.4) is 0 Å². The van der Waals surface area contributed by atoms with Crippen molar-refractivity contribution in [3.63, 3.8) is 0 Å². The summed E-state index contributed by atoms with van der Waals surface area (Å²) in [6, 6.07) is 1.82. The van der Waals surface area contributed by atoms with Gasteiger partial charge in [-0.15, -0.1) is 0 Å². The quantitative estimate of drug-likeness (QED) is 0.868. The second-order valence-corrected chi connectivity index (χ2v) is 4.14. The Morgan fingerprint density at radius 1 is 1.62 bits per heavy atom. The maximum absolute atomic E-state index is 6.04. The van der Waals surface area contributed by atoms with Crippen molar-refractivity contribution >= 4 is 15.9 Å². The van der Waals surface area contributed by atoms with Gasteiger partial charge in [0.25, 0.3) is 0 Å². The normalized spacial score (nSPS) is 24.9. The monoisotopic (exact) mass is 245 g/mol. The van der Waals surface area contributed by atoms with Crippen LogP contribution in [-0.4, -0.2) is 13.2 Å². The summed E-state index contributed by atoms with van der Waals surface area (Å²) in [5.74, 6) is 1.22. The molecule has 0 aliphatic carbocycles. The molecule has 1 aliphatic heterocycles. The van der Waals surface area contributed by atoms with E-state index in [4.69, 9.17) is 14.9 Å². The summed E-state index contributed by atoms with van der Waals surface area (Å²) in [7, 11) is 0. The molecule has 2 N–H and O–H groups in total. The van der Waals surface area contributed by atoms with Crippen molar-refractivity contribution in [1.29, 1.82) is 0 Å². The van der Waals surface area contributed by atoms with Crippen LogP contribution in [0.25, 0.3) is 0 Å². The SMILES string of the molecule is NC(c1occc1Br)C1CCOC1. The molecule has 1 fully saturated rings. The van der Waals surface area contributed by atoms with Gasteiger partial charge in [-0.2, -0.15) is 0 Å². The third-order valence-corrected chi connectivity index (χ3v) is 3.08. The van der Waals surface area contributed by atoms with Gasteiger partial charge in [0, 0.05) is 12.5 Å². The van der Waals surface area contributed by atoms with E-state index in [1.807, 2.05) is 6.07 Å². The maximum atomic E-state index is 6.04. The topological polar surface area (TPSA) is 48.4 Å². The Bertz CT molecular complexity index is 281. The van der Waals surface area contributed by atoms with Crippen molar-refractivity contribution in [2.24, 2.45) is 11.7 Å². The first-order chi connectivity index (χ1) is 6.29. The van der Waals surface area contributed by atoms with Crippen LogP contribution in [0.15, 0.2) is 21.2 Å². The molecular weight excluding hydrogens is 234 g/mol. The molecule has 1 aromatic heterocycles. The molecule has 0 bridgehead atoms. The molecule has 2 atom stereocenters. The molecule has 1 saturated heterocycles. The van der Waals surface area contributed by atoms with E-state index in [0.29, 0.717) is 5.92 Å². The van der Waals surface area contributed by atoms with Crippen LogP contribution in [-0.2, 0) is 4.74 Å². The van der Waals surface area contributed by atoms with Crippen molar-refractivity contribution in [2.45, 2.75) is 12.5 Å². The smallest absolute Gasteiger partial charge is 0.134 e. The van der Waals surface area contributed by atoms with Gasteiger partial charge in [-0.25, -0.2) is 0 Å². The first-order valence-corrected chi connectivity index (χ1v) is 5.14. The fourth-order valence-corrected chi connectivity index (χ4v) is 2.06. The third kappa shape index (κ3) is 1.80. The molecule has 72 valence electrons. The van der Waals surface area contributed by atoms with Crippen molar-refractivity contribution in [2.75, 3.05) is 13.2 Å². The van der Waals surface area contributed by atoms with E-state index in [0.717, 1.165) is 29.9 Å². The maximum Gasteiger partial charge on any atom is 0.134 e. The van der Waals surface area contributed by atoms with E-state index in [1.54, 1.807) is 6.26 Å². The lowest BCUT2D eigenvalue weighted by atomic mass is 9.98. The molecule has 1 aromatic rings. The largest absolute Gasteiger partial charge is 0.466 e. The molecule has 2 rings (SSSR count). The van der Waals surface area contributed by atoms with Crippen molar-refractivity contribution in [3.8, 4) is 0 Å². The number of rotatable bonds is 2. The van der Waals surface area contributed by atoms with Crippen LogP contribution in [0.5, 0.6) is 0 Å². The zero-order valence-corrected chi connectivity index (χ0v) is 8.79. The summed E-state index contributed by atoms with van der Waals surface area (Å²) in [5.41, 5.74) is 6.04. The summed E-state index contributed by atoms with van der Waals surface area (Å²) in [6.45, 7) is 1.56. The standard InChI is InChI=1S/C9H12BrNO2/c10-7-2-4-13-9(7)8(11)6-1-3-12-5-6/h2,4,6,8H,1,3,5,11H2. The van der Waals surface area contributed by atoms with Crippen LogP contribution in [0.4, 0.5) is 0 Å². The van der Waals surface area contributed by atoms with E-state index in [1.165, 1.54) is 0 Å². The van der Waals surface area contributed by atoms with Gasteiger partial charge in [0.1, 0.15) is 5.76 Å².